The summed E-state index contributed by atoms with van der Waals surface area (Å²) in [6, 6.07) is 19.2. The molecule has 7 heteroatoms. The molecule has 3 aromatic rings. The molecule has 0 fully saturated rings. The summed E-state index contributed by atoms with van der Waals surface area (Å²) in [5.74, 6) is -0.760. The van der Waals surface area contributed by atoms with Crippen molar-refractivity contribution < 1.29 is 9.59 Å². The van der Waals surface area contributed by atoms with Gasteiger partial charge >= 0.3 is 0 Å². The van der Waals surface area contributed by atoms with E-state index in [4.69, 9.17) is 5.26 Å². The summed E-state index contributed by atoms with van der Waals surface area (Å²) in [5.41, 5.74) is 3.16. The number of nitrogens with zero attached hydrogens (tertiary/aromatic N) is 3. The summed E-state index contributed by atoms with van der Waals surface area (Å²) in [5, 5.41) is 21.7. The van der Waals surface area contributed by atoms with E-state index >= 15 is 0 Å². The minimum atomic E-state index is -0.818. The van der Waals surface area contributed by atoms with Crippen LogP contribution in [0.15, 0.2) is 73.1 Å². The summed E-state index contributed by atoms with van der Waals surface area (Å²) >= 11 is 0. The molecule has 29 heavy (non-hydrogen) atoms. The van der Waals surface area contributed by atoms with Gasteiger partial charge < -0.3 is 10.6 Å². The first-order chi connectivity index (χ1) is 14.2. The normalized spacial score (nSPS) is 11.1. The van der Waals surface area contributed by atoms with Gasteiger partial charge in [-0.1, -0.05) is 42.5 Å². The SMILES string of the molecule is N#CCNC(=O)C(Cc1cccc(-c2ccnnc2)c1)NC(=O)c1ccccc1. The Hall–Kier alpha value is -4.05. The highest BCUT2D eigenvalue weighted by atomic mass is 16.2. The number of nitriles is 1. The average Bonchev–Trinajstić information content (AvgIpc) is 2.78. The minimum Gasteiger partial charge on any atom is -0.341 e. The summed E-state index contributed by atoms with van der Waals surface area (Å²) < 4.78 is 0. The zero-order chi connectivity index (χ0) is 20.5. The number of rotatable bonds is 7. The largest absolute Gasteiger partial charge is 0.341 e. The first-order valence-electron chi connectivity index (χ1n) is 9.04. The fourth-order valence-electron chi connectivity index (χ4n) is 2.87. The van der Waals surface area contributed by atoms with Crippen LogP contribution in [0.2, 0.25) is 0 Å². The van der Waals surface area contributed by atoms with E-state index in [-0.39, 0.29) is 18.9 Å². The summed E-state index contributed by atoms with van der Waals surface area (Å²) in [7, 11) is 0. The van der Waals surface area contributed by atoms with Crippen molar-refractivity contribution in [1.29, 1.82) is 5.26 Å². The molecule has 2 amide bonds. The molecule has 0 spiro atoms. The Labute approximate surface area is 168 Å². The number of nitrogens with one attached hydrogen (secondary N) is 2. The number of aromatic nitrogens is 2. The van der Waals surface area contributed by atoms with Gasteiger partial charge in [-0.25, -0.2) is 0 Å². The van der Waals surface area contributed by atoms with E-state index in [9.17, 15) is 9.59 Å². The Morgan fingerprint density at radius 1 is 1.00 bits per heavy atom. The third-order valence-electron chi connectivity index (χ3n) is 4.28. The zero-order valence-corrected chi connectivity index (χ0v) is 15.6. The van der Waals surface area contributed by atoms with Crippen LogP contribution in [0.3, 0.4) is 0 Å². The highest BCUT2D eigenvalue weighted by Gasteiger charge is 2.22. The van der Waals surface area contributed by atoms with Crippen molar-refractivity contribution >= 4 is 11.8 Å². The minimum absolute atomic E-state index is 0.126. The first kappa shape index (κ1) is 19.7. The van der Waals surface area contributed by atoms with Gasteiger partial charge in [0, 0.05) is 17.5 Å². The summed E-state index contributed by atoms with van der Waals surface area (Å²) in [6.45, 7) is -0.126. The highest BCUT2D eigenvalue weighted by Crippen LogP contribution is 2.19. The summed E-state index contributed by atoms with van der Waals surface area (Å²) in [6.07, 6.45) is 3.55. The number of benzene rings is 2. The Morgan fingerprint density at radius 3 is 2.55 bits per heavy atom. The second kappa shape index (κ2) is 9.76. The number of carbonyl (C=O) groups excluding carboxylic acids is 2. The zero-order valence-electron chi connectivity index (χ0n) is 15.6. The molecule has 3 rings (SSSR count). The van der Waals surface area contributed by atoms with Crippen LogP contribution < -0.4 is 10.6 Å². The van der Waals surface area contributed by atoms with Crippen LogP contribution in [-0.2, 0) is 11.2 Å². The smallest absolute Gasteiger partial charge is 0.251 e. The molecular formula is C22H19N5O2. The highest BCUT2D eigenvalue weighted by molar-refractivity contribution is 5.97. The van der Waals surface area contributed by atoms with E-state index in [1.54, 1.807) is 36.7 Å². The Bertz CT molecular complexity index is 1020. The van der Waals surface area contributed by atoms with Gasteiger partial charge in [-0.15, -0.1) is 0 Å². The van der Waals surface area contributed by atoms with Crippen LogP contribution in [0.1, 0.15) is 15.9 Å². The second-order valence-electron chi connectivity index (χ2n) is 6.30. The number of hydrogen-bond donors (Lipinski definition) is 2. The van der Waals surface area contributed by atoms with Gasteiger partial charge in [0.2, 0.25) is 5.91 Å². The predicted molar refractivity (Wildman–Crippen MR) is 107 cm³/mol. The lowest BCUT2D eigenvalue weighted by atomic mass is 10.00. The molecule has 7 nitrogen and oxygen atoms in total. The van der Waals surface area contributed by atoms with Crippen LogP contribution in [0.4, 0.5) is 0 Å². The standard InChI is InChI=1S/C22H19N5O2/c23-10-12-24-22(29)20(27-21(28)17-6-2-1-3-7-17)14-16-5-4-8-18(13-16)19-9-11-25-26-15-19/h1-9,11,13,15,20H,12,14H2,(H,24,29)(H,27,28). The van der Waals surface area contributed by atoms with Gasteiger partial charge in [0.1, 0.15) is 12.6 Å². The lowest BCUT2D eigenvalue weighted by Crippen LogP contribution is -2.48. The first-order valence-corrected chi connectivity index (χ1v) is 9.04. The van der Waals surface area contributed by atoms with E-state index in [2.05, 4.69) is 20.8 Å². The van der Waals surface area contributed by atoms with E-state index in [0.29, 0.717) is 5.56 Å². The molecule has 1 heterocycles. The number of carbonyl (C=O) groups is 2. The van der Waals surface area contributed by atoms with Gasteiger partial charge in [-0.05, 0) is 29.3 Å². The van der Waals surface area contributed by atoms with Crippen molar-refractivity contribution in [2.45, 2.75) is 12.5 Å². The third-order valence-corrected chi connectivity index (χ3v) is 4.28. The van der Waals surface area contributed by atoms with Crippen LogP contribution in [0.5, 0.6) is 0 Å². The molecule has 1 atom stereocenters. The molecule has 144 valence electrons. The Balaban J connectivity index is 1.80. The molecule has 0 aliphatic carbocycles. The van der Waals surface area contributed by atoms with Crippen LogP contribution >= 0.6 is 0 Å². The van der Waals surface area contributed by atoms with Gasteiger partial charge in [-0.2, -0.15) is 15.5 Å². The molecule has 0 saturated heterocycles. The maximum absolute atomic E-state index is 12.5. The fraction of sp³-hybridized carbons (Fsp3) is 0.136. The maximum Gasteiger partial charge on any atom is 0.251 e. The van der Waals surface area contributed by atoms with Gasteiger partial charge in [0.25, 0.3) is 5.91 Å². The third kappa shape index (κ3) is 5.47. The molecule has 0 saturated carbocycles. The molecular weight excluding hydrogens is 366 g/mol. The molecule has 2 N–H and O–H groups in total. The maximum atomic E-state index is 12.5. The van der Waals surface area contributed by atoms with E-state index in [0.717, 1.165) is 16.7 Å². The van der Waals surface area contributed by atoms with Crippen LogP contribution in [0, 0.1) is 11.3 Å². The van der Waals surface area contributed by atoms with Crippen molar-refractivity contribution in [3.05, 3.63) is 84.2 Å². The van der Waals surface area contributed by atoms with Gasteiger partial charge in [0.15, 0.2) is 0 Å². The molecule has 1 unspecified atom stereocenters. The summed E-state index contributed by atoms with van der Waals surface area (Å²) in [4.78, 5) is 25.1. The Morgan fingerprint density at radius 2 is 1.83 bits per heavy atom. The molecule has 2 aromatic carbocycles. The number of amides is 2. The van der Waals surface area contributed by atoms with Gasteiger partial charge in [-0.3, -0.25) is 9.59 Å². The van der Waals surface area contributed by atoms with Gasteiger partial charge in [0.05, 0.1) is 18.5 Å². The fourth-order valence-corrected chi connectivity index (χ4v) is 2.87. The lowest BCUT2D eigenvalue weighted by molar-refractivity contribution is -0.122. The molecule has 0 aliphatic heterocycles. The molecule has 0 aliphatic rings. The molecule has 0 bridgehead atoms. The van der Waals surface area contributed by atoms with Crippen LogP contribution in [-0.4, -0.2) is 34.6 Å². The topological polar surface area (TPSA) is 108 Å². The van der Waals surface area contributed by atoms with Crippen molar-refractivity contribution in [3.63, 3.8) is 0 Å². The average molecular weight is 385 g/mol. The quantitative estimate of drug-likeness (QED) is 0.606. The molecule has 0 radical (unpaired) electrons. The Kier molecular flexibility index (Phi) is 6.63. The second-order valence-corrected chi connectivity index (χ2v) is 6.30. The van der Waals surface area contributed by atoms with E-state index in [1.165, 1.54) is 0 Å². The van der Waals surface area contributed by atoms with Crippen molar-refractivity contribution in [1.82, 2.24) is 20.8 Å². The van der Waals surface area contributed by atoms with E-state index < -0.39 is 11.9 Å². The van der Waals surface area contributed by atoms with Crippen LogP contribution in [0.25, 0.3) is 11.1 Å². The van der Waals surface area contributed by atoms with Crippen molar-refractivity contribution in [3.8, 4) is 17.2 Å². The van der Waals surface area contributed by atoms with Crippen molar-refractivity contribution in [2.75, 3.05) is 6.54 Å². The predicted octanol–water partition coefficient (Wildman–Crippen LogP) is 2.12. The lowest BCUT2D eigenvalue weighted by Gasteiger charge is -2.18. The number of hydrogen-bond acceptors (Lipinski definition) is 5. The molecule has 1 aromatic heterocycles. The van der Waals surface area contributed by atoms with E-state index in [1.807, 2.05) is 42.5 Å². The van der Waals surface area contributed by atoms with Crippen molar-refractivity contribution in [2.24, 2.45) is 0 Å². The monoisotopic (exact) mass is 385 g/mol.